The van der Waals surface area contributed by atoms with Crippen LogP contribution in [0.25, 0.3) is 0 Å². The summed E-state index contributed by atoms with van der Waals surface area (Å²) in [7, 11) is 0. The van der Waals surface area contributed by atoms with Gasteiger partial charge in [-0.05, 0) is 19.3 Å². The first kappa shape index (κ1) is 19.1. The highest BCUT2D eigenvalue weighted by Gasteiger charge is 2.53. The molecule has 0 unspecified atom stereocenters. The van der Waals surface area contributed by atoms with Gasteiger partial charge in [0.1, 0.15) is 9.75 Å². The van der Waals surface area contributed by atoms with Crippen molar-refractivity contribution in [3.05, 3.63) is 0 Å². The van der Waals surface area contributed by atoms with E-state index < -0.39 is 15.7 Å². The van der Waals surface area contributed by atoms with Crippen LogP contribution in [0.2, 0.25) is 0 Å². The second kappa shape index (κ2) is 9.07. The zero-order valence-electron chi connectivity index (χ0n) is 12.5. The van der Waals surface area contributed by atoms with E-state index in [1.165, 1.54) is 0 Å². The largest absolute Gasteiger partial charge is 0.481 e. The molecule has 0 heterocycles. The van der Waals surface area contributed by atoms with E-state index in [0.29, 0.717) is 19.3 Å². The highest BCUT2D eigenvalue weighted by Crippen LogP contribution is 2.50. The van der Waals surface area contributed by atoms with Crippen LogP contribution in [0.5, 0.6) is 0 Å². The van der Waals surface area contributed by atoms with E-state index in [2.05, 4.69) is 13.8 Å². The van der Waals surface area contributed by atoms with Gasteiger partial charge in [0, 0.05) is 0 Å². The molecule has 1 N–H and O–H groups in total. The number of carboxylic acids is 1. The Morgan fingerprint density at radius 3 is 1.63 bits per heavy atom. The van der Waals surface area contributed by atoms with Crippen molar-refractivity contribution >= 4 is 29.2 Å². The van der Waals surface area contributed by atoms with E-state index >= 15 is 0 Å². The van der Waals surface area contributed by atoms with Crippen LogP contribution < -0.4 is 0 Å². The van der Waals surface area contributed by atoms with Gasteiger partial charge in [-0.15, -0.1) is 23.2 Å². The Kier molecular flexibility index (Phi) is 9.10. The molecule has 0 spiro atoms. The number of alkyl halides is 2. The Morgan fingerprint density at radius 2 is 1.37 bits per heavy atom. The van der Waals surface area contributed by atoms with Crippen molar-refractivity contribution in [1.82, 2.24) is 0 Å². The van der Waals surface area contributed by atoms with Crippen LogP contribution in [0.3, 0.4) is 0 Å². The van der Waals surface area contributed by atoms with Gasteiger partial charge in [-0.2, -0.15) is 0 Å². The molecule has 4 heteroatoms. The van der Waals surface area contributed by atoms with E-state index in [1.807, 2.05) is 6.92 Å². The molecule has 0 aromatic carbocycles. The molecule has 0 atom stereocenters. The van der Waals surface area contributed by atoms with Gasteiger partial charge in [0.05, 0.1) is 0 Å². The van der Waals surface area contributed by atoms with Crippen LogP contribution in [-0.2, 0) is 4.79 Å². The van der Waals surface area contributed by atoms with Gasteiger partial charge in [-0.1, -0.05) is 59.3 Å². The van der Waals surface area contributed by atoms with Crippen molar-refractivity contribution in [2.45, 2.75) is 82.9 Å². The second-order valence-electron chi connectivity index (χ2n) is 5.36. The first-order valence-corrected chi connectivity index (χ1v) is 8.24. The highest BCUT2D eigenvalue weighted by atomic mass is 35.5. The molecular formula is C15H28Cl2O2. The standard InChI is InChI=1S/C15H28Cl2O2/c1-4-7-9-11-14(13(18)19,12-10-8-5-2)15(16,17)6-3/h4-12H2,1-3H3,(H,18,19). The quantitative estimate of drug-likeness (QED) is 0.386. The number of halogens is 2. The number of carboxylic acid groups (broad SMARTS) is 1. The minimum Gasteiger partial charge on any atom is -0.481 e. The van der Waals surface area contributed by atoms with Gasteiger partial charge < -0.3 is 5.11 Å². The monoisotopic (exact) mass is 310 g/mol. The molecule has 19 heavy (non-hydrogen) atoms. The van der Waals surface area contributed by atoms with Crippen molar-refractivity contribution in [3.8, 4) is 0 Å². The number of rotatable bonds is 11. The molecule has 0 rings (SSSR count). The Labute approximate surface area is 127 Å². The number of unbranched alkanes of at least 4 members (excludes halogenated alkanes) is 4. The van der Waals surface area contributed by atoms with E-state index in [4.69, 9.17) is 23.2 Å². The lowest BCUT2D eigenvalue weighted by Gasteiger charge is -2.39. The fourth-order valence-corrected chi connectivity index (χ4v) is 3.09. The lowest BCUT2D eigenvalue weighted by molar-refractivity contribution is -0.151. The van der Waals surface area contributed by atoms with Crippen LogP contribution in [0.15, 0.2) is 0 Å². The van der Waals surface area contributed by atoms with Gasteiger partial charge in [-0.25, -0.2) is 0 Å². The third-order valence-corrected chi connectivity index (χ3v) is 5.23. The summed E-state index contributed by atoms with van der Waals surface area (Å²) >= 11 is 12.8. The molecule has 0 aliphatic heterocycles. The second-order valence-corrected chi connectivity index (χ2v) is 6.84. The van der Waals surface area contributed by atoms with Gasteiger partial charge in [-0.3, -0.25) is 4.79 Å². The van der Waals surface area contributed by atoms with Gasteiger partial charge in [0.25, 0.3) is 0 Å². The molecule has 0 radical (unpaired) electrons. The number of hydrogen-bond acceptors (Lipinski definition) is 1. The summed E-state index contributed by atoms with van der Waals surface area (Å²) < 4.78 is -1.18. The third kappa shape index (κ3) is 5.15. The lowest BCUT2D eigenvalue weighted by Crippen LogP contribution is -2.46. The predicted molar refractivity (Wildman–Crippen MR) is 83.1 cm³/mol. The molecular weight excluding hydrogens is 283 g/mol. The minimum atomic E-state index is -1.18. The van der Waals surface area contributed by atoms with E-state index in [0.717, 1.165) is 38.5 Å². The number of hydrogen-bond donors (Lipinski definition) is 1. The van der Waals surface area contributed by atoms with Crippen molar-refractivity contribution in [3.63, 3.8) is 0 Å². The van der Waals surface area contributed by atoms with Crippen LogP contribution in [0.1, 0.15) is 78.6 Å². The molecule has 0 aromatic heterocycles. The fourth-order valence-electron chi connectivity index (χ4n) is 2.55. The normalized spacial score (nSPS) is 12.7. The van der Waals surface area contributed by atoms with Crippen molar-refractivity contribution in [2.75, 3.05) is 0 Å². The fraction of sp³-hybridized carbons (Fsp3) is 0.933. The van der Waals surface area contributed by atoms with Crippen LogP contribution in [-0.4, -0.2) is 15.4 Å². The average molecular weight is 311 g/mol. The van der Waals surface area contributed by atoms with E-state index in [1.54, 1.807) is 0 Å². The Hall–Kier alpha value is 0.0500. The maximum atomic E-state index is 11.8. The summed E-state index contributed by atoms with van der Waals surface area (Å²) in [6.07, 6.45) is 7.52. The Morgan fingerprint density at radius 1 is 0.947 bits per heavy atom. The molecule has 0 saturated heterocycles. The SMILES string of the molecule is CCCCCC(CCCCC)(C(=O)O)C(Cl)(Cl)CC. The highest BCUT2D eigenvalue weighted by molar-refractivity contribution is 6.50. The maximum Gasteiger partial charge on any atom is 0.312 e. The molecule has 0 fully saturated rings. The van der Waals surface area contributed by atoms with Crippen molar-refractivity contribution < 1.29 is 9.90 Å². The third-order valence-electron chi connectivity index (χ3n) is 3.97. The topological polar surface area (TPSA) is 37.3 Å². The van der Waals surface area contributed by atoms with E-state index in [9.17, 15) is 9.90 Å². The van der Waals surface area contributed by atoms with E-state index in [-0.39, 0.29) is 0 Å². The van der Waals surface area contributed by atoms with Crippen LogP contribution >= 0.6 is 23.2 Å². The summed E-state index contributed by atoms with van der Waals surface area (Å²) in [5, 5.41) is 9.72. The molecule has 2 nitrogen and oxygen atoms in total. The van der Waals surface area contributed by atoms with Crippen LogP contribution in [0.4, 0.5) is 0 Å². The van der Waals surface area contributed by atoms with Crippen molar-refractivity contribution in [1.29, 1.82) is 0 Å². The average Bonchev–Trinajstić information content (AvgIpc) is 2.36. The Balaban J connectivity index is 5.05. The summed E-state index contributed by atoms with van der Waals surface area (Å²) in [5.41, 5.74) is -1.00. The molecule has 0 aliphatic rings. The first-order valence-electron chi connectivity index (χ1n) is 7.49. The minimum absolute atomic E-state index is 0.459. The number of carbonyl (C=O) groups is 1. The lowest BCUT2D eigenvalue weighted by atomic mass is 9.73. The van der Waals surface area contributed by atoms with Crippen LogP contribution in [0, 0.1) is 5.41 Å². The summed E-state index contributed by atoms with van der Waals surface area (Å²) in [6, 6.07) is 0. The van der Waals surface area contributed by atoms with Gasteiger partial charge >= 0.3 is 5.97 Å². The molecule has 114 valence electrons. The zero-order chi connectivity index (χ0) is 14.9. The summed E-state index contributed by atoms with van der Waals surface area (Å²) in [5.74, 6) is -0.841. The van der Waals surface area contributed by atoms with Crippen molar-refractivity contribution in [2.24, 2.45) is 5.41 Å². The molecule has 0 amide bonds. The smallest absolute Gasteiger partial charge is 0.312 e. The summed E-state index contributed by atoms with van der Waals surface area (Å²) in [6.45, 7) is 6.07. The van der Waals surface area contributed by atoms with Gasteiger partial charge in [0.2, 0.25) is 0 Å². The Bertz CT molecular complexity index is 255. The van der Waals surface area contributed by atoms with Gasteiger partial charge in [0.15, 0.2) is 0 Å². The molecule has 0 saturated carbocycles. The molecule has 0 aliphatic carbocycles. The zero-order valence-corrected chi connectivity index (χ0v) is 14.0. The molecule has 0 bridgehead atoms. The number of aliphatic carboxylic acids is 1. The predicted octanol–water partition coefficient (Wildman–Crippen LogP) is 5.80. The maximum absolute atomic E-state index is 11.8. The molecule has 0 aromatic rings. The summed E-state index contributed by atoms with van der Waals surface area (Å²) in [4.78, 5) is 11.8. The first-order chi connectivity index (χ1) is 8.88.